The number of aromatic nitrogens is 1. The van der Waals surface area contributed by atoms with Gasteiger partial charge in [-0.2, -0.15) is 13.2 Å². The molecule has 0 spiro atoms. The zero-order valence-electron chi connectivity index (χ0n) is 8.37. The van der Waals surface area contributed by atoms with Gasteiger partial charge in [0.1, 0.15) is 0 Å². The number of hydrogen-bond acceptors (Lipinski definition) is 4. The number of ether oxygens (including phenoxy) is 1. The summed E-state index contributed by atoms with van der Waals surface area (Å²) in [6.07, 6.45) is -4.12. The fourth-order valence-corrected chi connectivity index (χ4v) is 1.36. The molecular formula is C7H5F3LiNO3S. The van der Waals surface area contributed by atoms with Crippen molar-refractivity contribution in [1.29, 1.82) is 0 Å². The van der Waals surface area contributed by atoms with Crippen LogP contribution >= 0.6 is 0 Å². The maximum atomic E-state index is 12.2. The van der Waals surface area contributed by atoms with Crippen molar-refractivity contribution in [3.63, 3.8) is 0 Å². The van der Waals surface area contributed by atoms with Gasteiger partial charge in [0.2, 0.25) is 5.88 Å². The van der Waals surface area contributed by atoms with Gasteiger partial charge >= 0.3 is 25.0 Å². The summed E-state index contributed by atoms with van der Waals surface area (Å²) < 4.78 is 62.2. The molecule has 1 aromatic rings. The summed E-state index contributed by atoms with van der Waals surface area (Å²) in [5, 5.41) is 0. The van der Waals surface area contributed by atoms with Crippen molar-refractivity contribution in [2.45, 2.75) is 11.1 Å². The van der Waals surface area contributed by atoms with Crippen molar-refractivity contribution in [3.8, 4) is 5.88 Å². The van der Waals surface area contributed by atoms with Crippen molar-refractivity contribution in [2.75, 3.05) is 7.11 Å². The maximum absolute atomic E-state index is 12.2. The molecule has 1 unspecified atom stereocenters. The number of rotatable bonds is 2. The van der Waals surface area contributed by atoms with Gasteiger partial charge in [-0.1, -0.05) is 0 Å². The van der Waals surface area contributed by atoms with E-state index in [0.717, 1.165) is 7.11 Å². The number of nitrogens with zero attached hydrogens (tertiary/aromatic N) is 1. The van der Waals surface area contributed by atoms with E-state index in [1.54, 1.807) is 0 Å². The van der Waals surface area contributed by atoms with Gasteiger partial charge in [0.05, 0.1) is 17.6 Å². The summed E-state index contributed by atoms with van der Waals surface area (Å²) in [6, 6.07) is 0.467. The van der Waals surface area contributed by atoms with Crippen LogP contribution in [-0.4, -0.2) is 20.9 Å². The number of hydrogen-bond donors (Lipinski definition) is 0. The third kappa shape index (κ3) is 3.49. The first-order valence-corrected chi connectivity index (χ1v) is 4.64. The Morgan fingerprint density at radius 3 is 2.44 bits per heavy atom. The third-order valence-electron chi connectivity index (χ3n) is 1.52. The monoisotopic (exact) mass is 247 g/mol. The van der Waals surface area contributed by atoms with Crippen molar-refractivity contribution < 1.29 is 45.5 Å². The molecule has 0 aliphatic carbocycles. The maximum Gasteiger partial charge on any atom is 1.00 e. The fraction of sp³-hybridized carbons (Fsp3) is 0.286. The van der Waals surface area contributed by atoms with E-state index >= 15 is 0 Å². The second-order valence-electron chi connectivity index (χ2n) is 2.46. The Kier molecular flexibility index (Phi) is 5.48. The fourth-order valence-electron chi connectivity index (χ4n) is 0.860. The zero-order chi connectivity index (χ0) is 11.6. The Labute approximate surface area is 104 Å². The van der Waals surface area contributed by atoms with E-state index in [2.05, 4.69) is 9.72 Å². The third-order valence-corrected chi connectivity index (χ3v) is 2.17. The van der Waals surface area contributed by atoms with E-state index in [9.17, 15) is 21.9 Å². The molecule has 0 aliphatic heterocycles. The molecule has 0 fully saturated rings. The molecule has 1 atom stereocenters. The molecular weight excluding hydrogens is 242 g/mol. The zero-order valence-corrected chi connectivity index (χ0v) is 9.19. The summed E-state index contributed by atoms with van der Waals surface area (Å²) >= 11 is -2.82. The Hall–Kier alpha value is -0.553. The Bertz CT molecular complexity index is 399. The van der Waals surface area contributed by atoms with Crippen molar-refractivity contribution >= 4 is 11.1 Å². The SMILES string of the molecule is COc1ncc(C(F)(F)F)cc1S(=O)[O-].[Li+]. The largest absolute Gasteiger partial charge is 1.00 e. The first-order valence-electron chi connectivity index (χ1n) is 3.56. The second kappa shape index (κ2) is 5.68. The first-order chi connectivity index (χ1) is 6.86. The van der Waals surface area contributed by atoms with Crippen LogP contribution < -0.4 is 23.6 Å². The molecule has 16 heavy (non-hydrogen) atoms. The molecule has 0 bridgehead atoms. The molecule has 0 aromatic carbocycles. The minimum Gasteiger partial charge on any atom is -0.768 e. The molecule has 0 saturated heterocycles. The molecule has 84 valence electrons. The predicted octanol–water partition coefficient (Wildman–Crippen LogP) is -1.65. The molecule has 0 N–H and O–H groups in total. The minimum atomic E-state index is -4.63. The molecule has 1 rings (SSSR count). The normalized spacial score (nSPS) is 12.8. The van der Waals surface area contributed by atoms with Crippen LogP contribution in [0, 0.1) is 0 Å². The van der Waals surface area contributed by atoms with Crippen LogP contribution in [0.2, 0.25) is 0 Å². The quantitative estimate of drug-likeness (QED) is 0.464. The molecule has 0 amide bonds. The van der Waals surface area contributed by atoms with E-state index in [1.807, 2.05) is 0 Å². The van der Waals surface area contributed by atoms with Crippen LogP contribution in [-0.2, 0) is 17.3 Å². The molecule has 1 aromatic heterocycles. The summed E-state index contributed by atoms with van der Waals surface area (Å²) in [5.41, 5.74) is -1.14. The number of pyridine rings is 1. The molecule has 9 heteroatoms. The van der Waals surface area contributed by atoms with Gasteiger partial charge in [0, 0.05) is 6.20 Å². The standard InChI is InChI=1S/C7H6F3NO3S.Li/c1-14-6-5(15(12)13)2-4(3-11-6)7(8,9)10;/h2-3H,1H3,(H,12,13);/q;+1/p-1. The molecule has 0 radical (unpaired) electrons. The number of methoxy groups -OCH3 is 1. The van der Waals surface area contributed by atoms with Crippen LogP contribution in [0.15, 0.2) is 17.2 Å². The van der Waals surface area contributed by atoms with Gasteiger partial charge in [-0.3, -0.25) is 4.21 Å². The van der Waals surface area contributed by atoms with Crippen LogP contribution in [0.1, 0.15) is 5.56 Å². The minimum absolute atomic E-state index is 0. The van der Waals surface area contributed by atoms with Crippen molar-refractivity contribution in [2.24, 2.45) is 0 Å². The van der Waals surface area contributed by atoms with E-state index in [1.165, 1.54) is 0 Å². The van der Waals surface area contributed by atoms with Gasteiger partial charge in [-0.15, -0.1) is 0 Å². The van der Waals surface area contributed by atoms with Gasteiger partial charge in [0.25, 0.3) is 0 Å². The van der Waals surface area contributed by atoms with Gasteiger partial charge in [0.15, 0.2) is 0 Å². The summed E-state index contributed by atoms with van der Waals surface area (Å²) in [6.45, 7) is 0. The van der Waals surface area contributed by atoms with Gasteiger partial charge in [-0.05, 0) is 17.1 Å². The summed E-state index contributed by atoms with van der Waals surface area (Å²) in [7, 11) is 1.12. The van der Waals surface area contributed by atoms with Crippen LogP contribution in [0.3, 0.4) is 0 Å². The molecule has 4 nitrogen and oxygen atoms in total. The van der Waals surface area contributed by atoms with Crippen molar-refractivity contribution in [3.05, 3.63) is 17.8 Å². The summed E-state index contributed by atoms with van der Waals surface area (Å²) in [5.74, 6) is -0.365. The van der Waals surface area contributed by atoms with Gasteiger partial charge in [-0.25, -0.2) is 4.98 Å². The van der Waals surface area contributed by atoms with Gasteiger partial charge < -0.3 is 9.29 Å². The van der Waals surface area contributed by atoms with Crippen LogP contribution in [0.5, 0.6) is 5.88 Å². The van der Waals surface area contributed by atoms with E-state index < -0.39 is 27.7 Å². The topological polar surface area (TPSA) is 62.2 Å². The van der Waals surface area contributed by atoms with Crippen molar-refractivity contribution in [1.82, 2.24) is 4.98 Å². The smallest absolute Gasteiger partial charge is 0.768 e. The molecule has 0 aliphatic rings. The predicted molar refractivity (Wildman–Crippen MR) is 43.0 cm³/mol. The van der Waals surface area contributed by atoms with Crippen LogP contribution in [0.25, 0.3) is 0 Å². The van der Waals surface area contributed by atoms with E-state index in [-0.39, 0.29) is 24.7 Å². The first kappa shape index (κ1) is 15.4. The Balaban J connectivity index is 0.00000225. The summed E-state index contributed by atoms with van der Waals surface area (Å²) in [4.78, 5) is 2.63. The second-order valence-corrected chi connectivity index (χ2v) is 3.37. The number of halogens is 3. The van der Waals surface area contributed by atoms with E-state index in [0.29, 0.717) is 12.3 Å². The molecule has 0 saturated carbocycles. The average molecular weight is 247 g/mol. The average Bonchev–Trinajstić information content (AvgIpc) is 2.15. The number of alkyl halides is 3. The van der Waals surface area contributed by atoms with Crippen LogP contribution in [0.4, 0.5) is 13.2 Å². The molecule has 1 heterocycles. The Morgan fingerprint density at radius 1 is 1.50 bits per heavy atom. The Morgan fingerprint density at radius 2 is 2.06 bits per heavy atom. The van der Waals surface area contributed by atoms with E-state index in [4.69, 9.17) is 0 Å².